The van der Waals surface area contributed by atoms with E-state index in [-0.39, 0.29) is 17.9 Å². The van der Waals surface area contributed by atoms with Gasteiger partial charge >= 0.3 is 0 Å². The summed E-state index contributed by atoms with van der Waals surface area (Å²) >= 11 is 0. The van der Waals surface area contributed by atoms with Crippen molar-refractivity contribution in [3.63, 3.8) is 0 Å². The smallest absolute Gasteiger partial charge is 0.170 e. The number of sulfone groups is 2. The summed E-state index contributed by atoms with van der Waals surface area (Å²) in [6.45, 7) is 5.81. The number of rotatable bonds is 5. The molecule has 1 aromatic rings. The molecule has 1 rings (SSSR count). The van der Waals surface area contributed by atoms with Crippen LogP contribution in [0.15, 0.2) is 30.6 Å². The van der Waals surface area contributed by atoms with Crippen LogP contribution in [0, 0.1) is 0 Å². The zero-order chi connectivity index (χ0) is 15.9. The minimum Gasteiger partial charge on any atom is -0.265 e. The zero-order valence-corrected chi connectivity index (χ0v) is 14.0. The van der Waals surface area contributed by atoms with Gasteiger partial charge in [0.25, 0.3) is 0 Å². The molecular weight excluding hydrogens is 298 g/mol. The molecule has 0 fully saturated rings. The van der Waals surface area contributed by atoms with Crippen LogP contribution in [0.2, 0.25) is 0 Å². The van der Waals surface area contributed by atoms with Crippen molar-refractivity contribution in [1.29, 1.82) is 0 Å². The minimum absolute atomic E-state index is 0.0966. The van der Waals surface area contributed by atoms with Crippen LogP contribution in [-0.4, -0.2) is 37.4 Å². The average Bonchev–Trinajstić information content (AvgIpc) is 2.48. The molecule has 5 nitrogen and oxygen atoms in total. The zero-order valence-electron chi connectivity index (χ0n) is 12.4. The topological polar surface area (TPSA) is 81.2 Å². The first-order valence-electron chi connectivity index (χ1n) is 6.48. The van der Waals surface area contributed by atoms with Gasteiger partial charge in [0, 0.05) is 23.9 Å². The summed E-state index contributed by atoms with van der Waals surface area (Å²) in [6.07, 6.45) is 3.60. The van der Waals surface area contributed by atoms with Gasteiger partial charge in [-0.15, -0.1) is 0 Å². The van der Waals surface area contributed by atoms with Crippen molar-refractivity contribution in [3.8, 4) is 0 Å². The van der Waals surface area contributed by atoms with Gasteiger partial charge in [-0.25, -0.2) is 16.8 Å². The van der Waals surface area contributed by atoms with Gasteiger partial charge in [0.1, 0.15) is 0 Å². The third-order valence-electron chi connectivity index (χ3n) is 3.28. The van der Waals surface area contributed by atoms with Crippen molar-refractivity contribution in [1.82, 2.24) is 4.98 Å². The summed E-state index contributed by atoms with van der Waals surface area (Å²) in [7, 11) is -7.14. The van der Waals surface area contributed by atoms with Crippen molar-refractivity contribution in [2.75, 3.05) is 11.5 Å². The lowest BCUT2D eigenvalue weighted by atomic mass is 10.4. The Morgan fingerprint density at radius 3 is 1.40 bits per heavy atom. The van der Waals surface area contributed by atoms with Gasteiger partial charge < -0.3 is 0 Å². The molecule has 0 N–H and O–H groups in total. The van der Waals surface area contributed by atoms with Gasteiger partial charge in [-0.2, -0.15) is 0 Å². The first kappa shape index (κ1) is 19.1. The second kappa shape index (κ2) is 7.73. The SMILES string of the molecule is CCC(C)(S(=O)(=O)CC)S(=O)(=O)CC.c1ccncc1. The largest absolute Gasteiger partial charge is 0.265 e. The van der Waals surface area contributed by atoms with E-state index in [0.29, 0.717) is 0 Å². The van der Waals surface area contributed by atoms with Crippen LogP contribution in [0.25, 0.3) is 0 Å². The summed E-state index contributed by atoms with van der Waals surface area (Å²) in [4.78, 5) is 3.78. The molecule has 0 aliphatic rings. The average molecular weight is 321 g/mol. The van der Waals surface area contributed by atoms with Crippen molar-refractivity contribution in [2.45, 2.75) is 38.2 Å². The molecule has 116 valence electrons. The lowest BCUT2D eigenvalue weighted by Crippen LogP contribution is -2.44. The van der Waals surface area contributed by atoms with Gasteiger partial charge in [0.05, 0.1) is 0 Å². The Balaban J connectivity index is 0.000000493. The highest BCUT2D eigenvalue weighted by Crippen LogP contribution is 2.29. The summed E-state index contributed by atoms with van der Waals surface area (Å²) < 4.78 is 45.1. The van der Waals surface area contributed by atoms with Crippen LogP contribution in [0.1, 0.15) is 34.1 Å². The maximum absolute atomic E-state index is 11.7. The quantitative estimate of drug-likeness (QED) is 0.829. The molecule has 20 heavy (non-hydrogen) atoms. The Morgan fingerprint density at radius 2 is 1.25 bits per heavy atom. The minimum atomic E-state index is -3.57. The molecule has 1 aromatic heterocycles. The fraction of sp³-hybridized carbons (Fsp3) is 0.615. The molecule has 0 amide bonds. The molecule has 0 saturated heterocycles. The number of aromatic nitrogens is 1. The predicted molar refractivity (Wildman–Crippen MR) is 81.9 cm³/mol. The van der Waals surface area contributed by atoms with Gasteiger partial charge in [0.2, 0.25) is 0 Å². The number of pyridine rings is 1. The Kier molecular flexibility index (Phi) is 7.37. The van der Waals surface area contributed by atoms with Crippen molar-refractivity contribution in [2.24, 2.45) is 0 Å². The van der Waals surface area contributed by atoms with E-state index in [1.807, 2.05) is 18.2 Å². The number of nitrogens with zero attached hydrogens (tertiary/aromatic N) is 1. The lowest BCUT2D eigenvalue weighted by Gasteiger charge is -2.26. The fourth-order valence-corrected chi connectivity index (χ4v) is 5.91. The predicted octanol–water partition coefficient (Wildman–Crippen LogP) is 2.06. The summed E-state index contributed by atoms with van der Waals surface area (Å²) in [5.41, 5.74) is 0. The summed E-state index contributed by atoms with van der Waals surface area (Å²) in [6, 6.07) is 5.72. The fourth-order valence-electron chi connectivity index (χ4n) is 1.56. The van der Waals surface area contributed by atoms with Crippen LogP contribution in [-0.2, 0) is 19.7 Å². The molecule has 0 aliphatic carbocycles. The first-order chi connectivity index (χ1) is 9.18. The molecule has 1 heterocycles. The standard InChI is InChI=1S/C8H18O4S2.C5H5N/c1-5-8(4,13(9,10)6-2)14(11,12)7-3;1-2-4-6-5-3-1/h5-7H2,1-4H3;1-5H. The van der Waals surface area contributed by atoms with E-state index in [9.17, 15) is 16.8 Å². The second-order valence-electron chi connectivity index (χ2n) is 4.32. The van der Waals surface area contributed by atoms with E-state index < -0.39 is 23.8 Å². The number of hydrogen-bond donors (Lipinski definition) is 0. The van der Waals surface area contributed by atoms with E-state index in [1.165, 1.54) is 20.8 Å². The summed E-state index contributed by atoms with van der Waals surface area (Å²) in [5, 5.41) is 0. The molecule has 0 unspecified atom stereocenters. The Morgan fingerprint density at radius 1 is 0.850 bits per heavy atom. The van der Waals surface area contributed by atoms with Crippen molar-refractivity contribution >= 4 is 19.7 Å². The van der Waals surface area contributed by atoms with E-state index in [1.54, 1.807) is 19.3 Å². The maximum Gasteiger partial charge on any atom is 0.170 e. The molecule has 0 aromatic carbocycles. The Labute approximate surface area is 122 Å². The first-order valence-corrected chi connectivity index (χ1v) is 9.78. The van der Waals surface area contributed by atoms with Gasteiger partial charge in [0.15, 0.2) is 23.8 Å². The normalized spacial score (nSPS) is 12.4. The van der Waals surface area contributed by atoms with Crippen LogP contribution in [0.3, 0.4) is 0 Å². The van der Waals surface area contributed by atoms with Crippen LogP contribution >= 0.6 is 0 Å². The van der Waals surface area contributed by atoms with E-state index >= 15 is 0 Å². The molecular formula is C13H23NO4S2. The van der Waals surface area contributed by atoms with Gasteiger partial charge in [-0.05, 0) is 25.5 Å². The Bertz CT molecular complexity index is 519. The van der Waals surface area contributed by atoms with Crippen LogP contribution < -0.4 is 0 Å². The lowest BCUT2D eigenvalue weighted by molar-refractivity contribution is 0.543. The van der Waals surface area contributed by atoms with Gasteiger partial charge in [-0.1, -0.05) is 26.8 Å². The third-order valence-corrected chi connectivity index (χ3v) is 9.54. The molecule has 0 aliphatic heterocycles. The molecule has 7 heteroatoms. The molecule has 0 atom stereocenters. The second-order valence-corrected chi connectivity index (χ2v) is 9.99. The van der Waals surface area contributed by atoms with Crippen LogP contribution in [0.4, 0.5) is 0 Å². The molecule has 0 bridgehead atoms. The molecule has 0 spiro atoms. The Hall–Kier alpha value is -0.950. The van der Waals surface area contributed by atoms with Gasteiger partial charge in [-0.3, -0.25) is 4.98 Å². The van der Waals surface area contributed by atoms with Crippen molar-refractivity contribution in [3.05, 3.63) is 30.6 Å². The van der Waals surface area contributed by atoms with Crippen LogP contribution in [0.5, 0.6) is 0 Å². The van der Waals surface area contributed by atoms with E-state index in [4.69, 9.17) is 0 Å². The highest BCUT2D eigenvalue weighted by Gasteiger charge is 2.47. The maximum atomic E-state index is 11.7. The molecule has 0 saturated carbocycles. The number of hydrogen-bond acceptors (Lipinski definition) is 5. The van der Waals surface area contributed by atoms with E-state index in [0.717, 1.165) is 0 Å². The van der Waals surface area contributed by atoms with E-state index in [2.05, 4.69) is 4.98 Å². The highest BCUT2D eigenvalue weighted by atomic mass is 32.3. The monoisotopic (exact) mass is 321 g/mol. The van der Waals surface area contributed by atoms with Crippen molar-refractivity contribution < 1.29 is 16.8 Å². The third kappa shape index (κ3) is 4.28. The molecule has 0 radical (unpaired) electrons. The highest BCUT2D eigenvalue weighted by molar-refractivity contribution is 8.10. The summed E-state index contributed by atoms with van der Waals surface area (Å²) in [5.74, 6) is -0.285.